The Labute approximate surface area is 87.4 Å². The molecule has 0 atom stereocenters. The minimum atomic E-state index is 0.736. The molecule has 0 radical (unpaired) electrons. The molecule has 1 rings (SSSR count). The van der Waals surface area contributed by atoms with Gasteiger partial charge in [0.2, 0.25) is 0 Å². The van der Waals surface area contributed by atoms with Gasteiger partial charge in [-0.15, -0.1) is 12.3 Å². The van der Waals surface area contributed by atoms with Crippen LogP contribution in [0.2, 0.25) is 0 Å². The topological polar surface area (TPSA) is 0 Å². The molecule has 0 amide bonds. The molecule has 0 heterocycles. The lowest BCUT2D eigenvalue weighted by Crippen LogP contribution is -1.71. The first kappa shape index (κ1) is 12.3. The minimum absolute atomic E-state index is 0.736. The van der Waals surface area contributed by atoms with E-state index in [0.717, 1.165) is 18.4 Å². The van der Waals surface area contributed by atoms with Gasteiger partial charge in [-0.1, -0.05) is 43.9 Å². The van der Waals surface area contributed by atoms with Gasteiger partial charge in [0.15, 0.2) is 0 Å². The summed E-state index contributed by atoms with van der Waals surface area (Å²) in [6.07, 6.45) is 6.61. The number of terminal acetylenes is 1. The van der Waals surface area contributed by atoms with Gasteiger partial charge in [-0.05, 0) is 12.1 Å². The zero-order chi connectivity index (χ0) is 10.6. The Bertz CT molecular complexity index is 317. The summed E-state index contributed by atoms with van der Waals surface area (Å²) in [6, 6.07) is 9.91. The van der Waals surface area contributed by atoms with Crippen LogP contribution in [0.15, 0.2) is 30.3 Å². The van der Waals surface area contributed by atoms with E-state index in [1.807, 2.05) is 44.2 Å². The fourth-order valence-corrected chi connectivity index (χ4v) is 0.821. The van der Waals surface area contributed by atoms with E-state index in [4.69, 9.17) is 6.42 Å². The third-order valence-corrected chi connectivity index (χ3v) is 1.40. The van der Waals surface area contributed by atoms with Crippen molar-refractivity contribution in [1.29, 1.82) is 0 Å². The highest BCUT2D eigenvalue weighted by Gasteiger charge is 1.80. The summed E-state index contributed by atoms with van der Waals surface area (Å²) in [5, 5.41) is 0. The highest BCUT2D eigenvalue weighted by Crippen LogP contribution is 1.95. The van der Waals surface area contributed by atoms with Gasteiger partial charge < -0.3 is 0 Å². The van der Waals surface area contributed by atoms with Crippen molar-refractivity contribution >= 4 is 0 Å². The summed E-state index contributed by atoms with van der Waals surface area (Å²) in [5.41, 5.74) is 1.05. The molecule has 14 heavy (non-hydrogen) atoms. The molecule has 0 heteroatoms. The number of hydrogen-bond acceptors (Lipinski definition) is 0. The van der Waals surface area contributed by atoms with Crippen LogP contribution in [0.5, 0.6) is 0 Å². The van der Waals surface area contributed by atoms with Crippen molar-refractivity contribution in [2.45, 2.75) is 26.7 Å². The van der Waals surface area contributed by atoms with Gasteiger partial charge in [-0.3, -0.25) is 0 Å². The monoisotopic (exact) mass is 184 g/mol. The van der Waals surface area contributed by atoms with Gasteiger partial charge in [0.05, 0.1) is 0 Å². The summed E-state index contributed by atoms with van der Waals surface area (Å²) in [6.45, 7) is 4.00. The maximum Gasteiger partial charge on any atom is 0.0245 e. The van der Waals surface area contributed by atoms with E-state index in [1.165, 1.54) is 0 Å². The Balaban J connectivity index is 0.000000791. The molecule has 0 fully saturated rings. The van der Waals surface area contributed by atoms with Crippen molar-refractivity contribution in [3.8, 4) is 24.2 Å². The molecule has 0 saturated carbocycles. The Morgan fingerprint density at radius 1 is 1.07 bits per heavy atom. The van der Waals surface area contributed by atoms with Crippen LogP contribution in [0.4, 0.5) is 0 Å². The van der Waals surface area contributed by atoms with E-state index in [0.29, 0.717) is 0 Å². The molecule has 0 nitrogen and oxygen atoms in total. The van der Waals surface area contributed by atoms with Crippen LogP contribution in [0, 0.1) is 24.2 Å². The molecular formula is C14H16. The van der Waals surface area contributed by atoms with Gasteiger partial charge >= 0.3 is 0 Å². The molecule has 72 valence electrons. The van der Waals surface area contributed by atoms with Crippen LogP contribution in [0.25, 0.3) is 0 Å². The zero-order valence-corrected chi connectivity index (χ0v) is 8.88. The molecule has 1 aromatic rings. The molecule has 0 bridgehead atoms. The zero-order valence-electron chi connectivity index (χ0n) is 8.88. The Morgan fingerprint density at radius 3 is 2.29 bits per heavy atom. The predicted molar refractivity (Wildman–Crippen MR) is 62.7 cm³/mol. The summed E-state index contributed by atoms with van der Waals surface area (Å²) < 4.78 is 0. The molecule has 0 aromatic heterocycles. The average molecular weight is 184 g/mol. The molecule has 0 saturated heterocycles. The number of benzene rings is 1. The lowest BCUT2D eigenvalue weighted by atomic mass is 10.2. The molecule has 1 aromatic carbocycles. The van der Waals surface area contributed by atoms with Crippen molar-refractivity contribution in [3.05, 3.63) is 35.9 Å². The van der Waals surface area contributed by atoms with E-state index in [2.05, 4.69) is 17.8 Å². The standard InChI is InChI=1S/C12H10.C2H6/c1-2-3-4-6-9-12-10-7-5-8-11-12;1-2/h1,5,7-8,10-11H,3-4H2;1-2H3. The summed E-state index contributed by atoms with van der Waals surface area (Å²) in [4.78, 5) is 0. The van der Waals surface area contributed by atoms with Crippen LogP contribution < -0.4 is 0 Å². The first-order valence-corrected chi connectivity index (χ1v) is 4.91. The first-order chi connectivity index (χ1) is 6.93. The predicted octanol–water partition coefficient (Wildman–Crippen LogP) is 3.48. The van der Waals surface area contributed by atoms with E-state index in [-0.39, 0.29) is 0 Å². The van der Waals surface area contributed by atoms with Crippen LogP contribution in [0.3, 0.4) is 0 Å². The second-order valence-electron chi connectivity index (χ2n) is 2.37. The maximum absolute atomic E-state index is 5.09. The Kier molecular flexibility index (Phi) is 8.31. The summed E-state index contributed by atoms with van der Waals surface area (Å²) in [5.74, 6) is 8.60. The van der Waals surface area contributed by atoms with Gasteiger partial charge in [0.25, 0.3) is 0 Å². The third-order valence-electron chi connectivity index (χ3n) is 1.40. The average Bonchev–Trinajstić information content (AvgIpc) is 2.29. The van der Waals surface area contributed by atoms with E-state index in [9.17, 15) is 0 Å². The Hall–Kier alpha value is -1.66. The molecule has 0 aliphatic carbocycles. The first-order valence-electron chi connectivity index (χ1n) is 4.91. The lowest BCUT2D eigenvalue weighted by molar-refractivity contribution is 1.12. The van der Waals surface area contributed by atoms with Crippen molar-refractivity contribution < 1.29 is 0 Å². The third kappa shape index (κ3) is 5.92. The van der Waals surface area contributed by atoms with Crippen LogP contribution in [0.1, 0.15) is 32.3 Å². The van der Waals surface area contributed by atoms with E-state index in [1.54, 1.807) is 0 Å². The molecular weight excluding hydrogens is 168 g/mol. The number of rotatable bonds is 1. The lowest BCUT2D eigenvalue weighted by Gasteiger charge is -1.85. The smallest absolute Gasteiger partial charge is 0.0245 e. The van der Waals surface area contributed by atoms with Crippen molar-refractivity contribution in [2.75, 3.05) is 0 Å². The van der Waals surface area contributed by atoms with Crippen LogP contribution >= 0.6 is 0 Å². The van der Waals surface area contributed by atoms with Crippen molar-refractivity contribution in [3.63, 3.8) is 0 Å². The maximum atomic E-state index is 5.09. The molecule has 0 spiro atoms. The minimum Gasteiger partial charge on any atom is -0.120 e. The normalized spacial score (nSPS) is 7.21. The molecule has 0 aliphatic heterocycles. The van der Waals surface area contributed by atoms with Gasteiger partial charge in [-0.2, -0.15) is 0 Å². The van der Waals surface area contributed by atoms with Crippen LogP contribution in [-0.2, 0) is 0 Å². The molecule has 0 N–H and O–H groups in total. The largest absolute Gasteiger partial charge is 0.120 e. The SMILES string of the molecule is C#CCCC#Cc1ccccc1.CC. The fourth-order valence-electron chi connectivity index (χ4n) is 0.821. The highest BCUT2D eigenvalue weighted by atomic mass is 13.8. The second kappa shape index (κ2) is 9.43. The van der Waals surface area contributed by atoms with Crippen LogP contribution in [-0.4, -0.2) is 0 Å². The summed E-state index contributed by atoms with van der Waals surface area (Å²) in [7, 11) is 0. The van der Waals surface area contributed by atoms with Gasteiger partial charge in [0.1, 0.15) is 0 Å². The van der Waals surface area contributed by atoms with E-state index >= 15 is 0 Å². The molecule has 0 unspecified atom stereocenters. The van der Waals surface area contributed by atoms with Crippen molar-refractivity contribution in [1.82, 2.24) is 0 Å². The highest BCUT2D eigenvalue weighted by molar-refractivity contribution is 5.33. The number of hydrogen-bond donors (Lipinski definition) is 0. The fraction of sp³-hybridized carbons (Fsp3) is 0.286. The van der Waals surface area contributed by atoms with E-state index < -0.39 is 0 Å². The quantitative estimate of drug-likeness (QED) is 0.463. The second-order valence-corrected chi connectivity index (χ2v) is 2.37. The van der Waals surface area contributed by atoms with Crippen molar-refractivity contribution in [2.24, 2.45) is 0 Å². The summed E-state index contributed by atoms with van der Waals surface area (Å²) >= 11 is 0. The van der Waals surface area contributed by atoms with Gasteiger partial charge in [0, 0.05) is 18.4 Å². The number of unbranched alkanes of at least 4 members (excludes halogenated alkanes) is 1. The Morgan fingerprint density at radius 2 is 1.71 bits per heavy atom. The molecule has 0 aliphatic rings. The van der Waals surface area contributed by atoms with Gasteiger partial charge in [-0.25, -0.2) is 0 Å².